The Kier molecular flexibility index (Phi) is 5.19. The molecule has 4 heteroatoms. The molecule has 0 radical (unpaired) electrons. The summed E-state index contributed by atoms with van der Waals surface area (Å²) in [5.74, 6) is 1.32. The molecule has 2 aromatic rings. The van der Waals surface area contributed by atoms with Gasteiger partial charge in [-0.25, -0.2) is 4.98 Å². The molecule has 0 saturated heterocycles. The van der Waals surface area contributed by atoms with Crippen LogP contribution < -0.4 is 10.1 Å². The lowest BCUT2D eigenvalue weighted by Gasteiger charge is -2.10. The first kappa shape index (κ1) is 13.8. The average molecular weight is 277 g/mol. The van der Waals surface area contributed by atoms with Gasteiger partial charge in [-0.15, -0.1) is 0 Å². The number of nitrogens with zero attached hydrogens (tertiary/aromatic N) is 1. The van der Waals surface area contributed by atoms with Gasteiger partial charge >= 0.3 is 0 Å². The van der Waals surface area contributed by atoms with Crippen LogP contribution in [-0.4, -0.2) is 11.5 Å². The van der Waals surface area contributed by atoms with Crippen molar-refractivity contribution in [1.82, 2.24) is 10.3 Å². The Hall–Kier alpha value is -1.58. The van der Waals surface area contributed by atoms with Gasteiger partial charge in [-0.1, -0.05) is 30.7 Å². The molecule has 3 nitrogen and oxygen atoms in total. The predicted molar refractivity (Wildman–Crippen MR) is 77.8 cm³/mol. The number of aromatic nitrogens is 1. The Labute approximate surface area is 118 Å². The zero-order valence-electron chi connectivity index (χ0n) is 10.9. The van der Waals surface area contributed by atoms with Crippen molar-refractivity contribution in [1.29, 1.82) is 0 Å². The fraction of sp³-hybridized carbons (Fsp3) is 0.267. The van der Waals surface area contributed by atoms with E-state index < -0.39 is 0 Å². The number of pyridine rings is 1. The Morgan fingerprint density at radius 1 is 1.26 bits per heavy atom. The van der Waals surface area contributed by atoms with E-state index in [9.17, 15) is 0 Å². The lowest BCUT2D eigenvalue weighted by atomic mass is 10.2. The van der Waals surface area contributed by atoms with Crippen LogP contribution in [0.25, 0.3) is 0 Å². The van der Waals surface area contributed by atoms with Gasteiger partial charge in [0.15, 0.2) is 0 Å². The Balaban J connectivity index is 2.11. The molecule has 0 aliphatic heterocycles. The molecule has 1 aromatic carbocycles. The molecule has 1 aromatic heterocycles. The fourth-order valence-electron chi connectivity index (χ4n) is 1.69. The lowest BCUT2D eigenvalue weighted by Crippen LogP contribution is -2.14. The van der Waals surface area contributed by atoms with Crippen molar-refractivity contribution in [3.05, 3.63) is 53.2 Å². The van der Waals surface area contributed by atoms with Crippen molar-refractivity contribution in [3.63, 3.8) is 0 Å². The Morgan fingerprint density at radius 3 is 2.95 bits per heavy atom. The average Bonchev–Trinajstić information content (AvgIpc) is 2.41. The maximum atomic E-state index is 5.94. The van der Waals surface area contributed by atoms with Crippen LogP contribution in [0.15, 0.2) is 42.6 Å². The fourth-order valence-corrected chi connectivity index (χ4v) is 1.87. The molecule has 0 bridgehead atoms. The van der Waals surface area contributed by atoms with E-state index in [4.69, 9.17) is 16.3 Å². The van der Waals surface area contributed by atoms with E-state index >= 15 is 0 Å². The van der Waals surface area contributed by atoms with Crippen molar-refractivity contribution in [3.8, 4) is 11.6 Å². The highest BCUT2D eigenvalue weighted by Crippen LogP contribution is 2.25. The first-order chi connectivity index (χ1) is 9.29. The minimum Gasteiger partial charge on any atom is -0.439 e. The zero-order valence-corrected chi connectivity index (χ0v) is 11.7. The maximum Gasteiger partial charge on any atom is 0.223 e. The smallest absolute Gasteiger partial charge is 0.223 e. The summed E-state index contributed by atoms with van der Waals surface area (Å²) in [4.78, 5) is 4.28. The zero-order chi connectivity index (χ0) is 13.5. The summed E-state index contributed by atoms with van der Waals surface area (Å²) in [6.45, 7) is 3.86. The van der Waals surface area contributed by atoms with Crippen LogP contribution in [0.5, 0.6) is 11.6 Å². The highest BCUT2D eigenvalue weighted by Gasteiger charge is 2.05. The molecule has 0 fully saturated rings. The molecule has 2 rings (SSSR count). The molecule has 19 heavy (non-hydrogen) atoms. The Bertz CT molecular complexity index is 531. The number of ether oxygens (including phenoxy) is 1. The first-order valence-electron chi connectivity index (χ1n) is 6.37. The molecular weight excluding hydrogens is 260 g/mol. The van der Waals surface area contributed by atoms with Crippen LogP contribution in [0.4, 0.5) is 0 Å². The number of hydrogen-bond acceptors (Lipinski definition) is 3. The summed E-state index contributed by atoms with van der Waals surface area (Å²) in [5, 5.41) is 3.99. The van der Waals surface area contributed by atoms with E-state index in [1.165, 1.54) is 0 Å². The molecule has 0 atom stereocenters. The second kappa shape index (κ2) is 7.12. The third-order valence-electron chi connectivity index (χ3n) is 2.60. The highest BCUT2D eigenvalue weighted by molar-refractivity contribution is 6.30. The van der Waals surface area contributed by atoms with Crippen molar-refractivity contribution >= 4 is 11.6 Å². The van der Waals surface area contributed by atoms with E-state index in [1.807, 2.05) is 30.3 Å². The van der Waals surface area contributed by atoms with Crippen molar-refractivity contribution in [2.45, 2.75) is 19.9 Å². The van der Waals surface area contributed by atoms with Gasteiger partial charge in [-0.05, 0) is 37.2 Å². The van der Waals surface area contributed by atoms with Gasteiger partial charge in [-0.2, -0.15) is 0 Å². The van der Waals surface area contributed by atoms with Crippen LogP contribution in [0.2, 0.25) is 5.02 Å². The summed E-state index contributed by atoms with van der Waals surface area (Å²) in [6, 6.07) is 11.2. The standard InChI is InChI=1S/C15H17ClN2O/c1-2-8-17-11-12-5-4-9-18-15(12)19-14-7-3-6-13(16)10-14/h3-7,9-10,17H,2,8,11H2,1H3. The molecule has 0 aliphatic rings. The third kappa shape index (κ3) is 4.23. The van der Waals surface area contributed by atoms with Crippen molar-refractivity contribution in [2.75, 3.05) is 6.54 Å². The van der Waals surface area contributed by atoms with Crippen LogP contribution in [0.1, 0.15) is 18.9 Å². The molecule has 100 valence electrons. The SMILES string of the molecule is CCCNCc1cccnc1Oc1cccc(Cl)c1. The molecule has 0 amide bonds. The number of hydrogen-bond donors (Lipinski definition) is 1. The number of benzene rings is 1. The second-order valence-electron chi connectivity index (χ2n) is 4.20. The third-order valence-corrected chi connectivity index (χ3v) is 2.84. The summed E-state index contributed by atoms with van der Waals surface area (Å²) in [5.41, 5.74) is 1.04. The number of rotatable bonds is 6. The van der Waals surface area contributed by atoms with Gasteiger partial charge in [0, 0.05) is 23.3 Å². The minimum atomic E-state index is 0.619. The molecule has 0 unspecified atom stereocenters. The van der Waals surface area contributed by atoms with Crippen LogP contribution >= 0.6 is 11.6 Å². The summed E-state index contributed by atoms with van der Waals surface area (Å²) in [6.07, 6.45) is 2.83. The topological polar surface area (TPSA) is 34.2 Å². The molecule has 0 spiro atoms. The van der Waals surface area contributed by atoms with Gasteiger partial charge in [-0.3, -0.25) is 0 Å². The molecule has 1 heterocycles. The maximum absolute atomic E-state index is 5.94. The van der Waals surface area contributed by atoms with Crippen molar-refractivity contribution < 1.29 is 4.74 Å². The molecule has 0 saturated carbocycles. The monoisotopic (exact) mass is 276 g/mol. The first-order valence-corrected chi connectivity index (χ1v) is 6.75. The van der Waals surface area contributed by atoms with E-state index in [0.29, 0.717) is 16.7 Å². The van der Waals surface area contributed by atoms with Gasteiger partial charge in [0.1, 0.15) is 5.75 Å². The van der Waals surface area contributed by atoms with Crippen LogP contribution in [-0.2, 0) is 6.54 Å². The highest BCUT2D eigenvalue weighted by atomic mass is 35.5. The molecule has 1 N–H and O–H groups in total. The van der Waals surface area contributed by atoms with E-state index in [1.54, 1.807) is 12.3 Å². The van der Waals surface area contributed by atoms with Crippen molar-refractivity contribution in [2.24, 2.45) is 0 Å². The molecule has 0 aliphatic carbocycles. The van der Waals surface area contributed by atoms with Gasteiger partial charge in [0.25, 0.3) is 0 Å². The van der Waals surface area contributed by atoms with Crippen LogP contribution in [0.3, 0.4) is 0 Å². The summed E-state index contributed by atoms with van der Waals surface area (Å²) >= 11 is 5.94. The lowest BCUT2D eigenvalue weighted by molar-refractivity contribution is 0.453. The van der Waals surface area contributed by atoms with E-state index in [-0.39, 0.29) is 0 Å². The number of nitrogens with one attached hydrogen (secondary N) is 1. The predicted octanol–water partition coefficient (Wildman–Crippen LogP) is 4.03. The van der Waals surface area contributed by atoms with Gasteiger partial charge in [0.2, 0.25) is 5.88 Å². The van der Waals surface area contributed by atoms with Gasteiger partial charge < -0.3 is 10.1 Å². The normalized spacial score (nSPS) is 10.4. The molecular formula is C15H17ClN2O. The van der Waals surface area contributed by atoms with E-state index in [0.717, 1.165) is 25.1 Å². The van der Waals surface area contributed by atoms with Gasteiger partial charge in [0.05, 0.1) is 0 Å². The minimum absolute atomic E-state index is 0.619. The second-order valence-corrected chi connectivity index (χ2v) is 4.64. The quantitative estimate of drug-likeness (QED) is 0.809. The van der Waals surface area contributed by atoms with E-state index in [2.05, 4.69) is 17.2 Å². The summed E-state index contributed by atoms with van der Waals surface area (Å²) in [7, 11) is 0. The largest absolute Gasteiger partial charge is 0.439 e. The Morgan fingerprint density at radius 2 is 2.16 bits per heavy atom. The number of halogens is 1. The summed E-state index contributed by atoms with van der Waals surface area (Å²) < 4.78 is 5.79. The van der Waals surface area contributed by atoms with Crippen LogP contribution in [0, 0.1) is 0 Å².